The molecule has 1 aliphatic rings. The fourth-order valence-electron chi connectivity index (χ4n) is 2.50. The molecular formula is C14H18Br2N2O. The first-order valence-corrected chi connectivity index (χ1v) is 8.11. The monoisotopic (exact) mass is 388 g/mol. The lowest BCUT2D eigenvalue weighted by Gasteiger charge is -2.36. The molecule has 0 radical (unpaired) electrons. The maximum absolute atomic E-state index is 12.6. The summed E-state index contributed by atoms with van der Waals surface area (Å²) in [6.45, 7) is 3.64. The lowest BCUT2D eigenvalue weighted by molar-refractivity contribution is 0.0648. The van der Waals surface area contributed by atoms with Crippen molar-refractivity contribution in [2.75, 3.05) is 13.1 Å². The van der Waals surface area contributed by atoms with Crippen molar-refractivity contribution in [3.05, 3.63) is 32.7 Å². The fraction of sp³-hybridized carbons (Fsp3) is 0.500. The van der Waals surface area contributed by atoms with Crippen LogP contribution in [0.25, 0.3) is 0 Å². The highest BCUT2D eigenvalue weighted by atomic mass is 79.9. The summed E-state index contributed by atoms with van der Waals surface area (Å²) in [5.74, 6) is 0.488. The summed E-state index contributed by atoms with van der Waals surface area (Å²) < 4.78 is 1.75. The Kier molecular flexibility index (Phi) is 5.03. The van der Waals surface area contributed by atoms with E-state index < -0.39 is 0 Å². The third-order valence-electron chi connectivity index (χ3n) is 3.76. The summed E-state index contributed by atoms with van der Waals surface area (Å²) >= 11 is 6.86. The van der Waals surface area contributed by atoms with Gasteiger partial charge in [-0.2, -0.15) is 0 Å². The number of hydrogen-bond acceptors (Lipinski definition) is 2. The summed E-state index contributed by atoms with van der Waals surface area (Å²) in [5, 5.41) is 0. The van der Waals surface area contributed by atoms with E-state index in [1.807, 2.05) is 23.1 Å². The third-order valence-corrected chi connectivity index (χ3v) is 4.95. The van der Waals surface area contributed by atoms with Gasteiger partial charge in [-0.15, -0.1) is 0 Å². The number of benzene rings is 1. The van der Waals surface area contributed by atoms with Gasteiger partial charge >= 0.3 is 0 Å². The smallest absolute Gasteiger partial charge is 0.255 e. The van der Waals surface area contributed by atoms with E-state index in [0.29, 0.717) is 11.5 Å². The zero-order valence-corrected chi connectivity index (χ0v) is 14.1. The van der Waals surface area contributed by atoms with Gasteiger partial charge in [-0.3, -0.25) is 4.79 Å². The number of nitrogens with two attached hydrogens (primary N) is 1. The number of rotatable bonds is 2. The Hall–Kier alpha value is -0.390. The molecule has 0 bridgehead atoms. The average Bonchev–Trinajstić information content (AvgIpc) is 2.41. The van der Waals surface area contributed by atoms with Gasteiger partial charge in [0, 0.05) is 28.1 Å². The molecule has 2 atom stereocenters. The highest BCUT2D eigenvalue weighted by molar-refractivity contribution is 9.11. The van der Waals surface area contributed by atoms with Crippen molar-refractivity contribution >= 4 is 37.8 Å². The van der Waals surface area contributed by atoms with E-state index in [1.54, 1.807) is 0 Å². The topological polar surface area (TPSA) is 46.3 Å². The zero-order valence-electron chi connectivity index (χ0n) is 10.9. The summed E-state index contributed by atoms with van der Waals surface area (Å²) in [5.41, 5.74) is 6.80. The van der Waals surface area contributed by atoms with Gasteiger partial charge in [0.1, 0.15) is 0 Å². The van der Waals surface area contributed by atoms with Crippen LogP contribution < -0.4 is 5.73 Å². The minimum atomic E-state index is 0.0820. The average molecular weight is 390 g/mol. The molecule has 0 spiro atoms. The van der Waals surface area contributed by atoms with Crippen LogP contribution >= 0.6 is 31.9 Å². The molecule has 0 aromatic heterocycles. The first kappa shape index (κ1) is 15.0. The minimum Gasteiger partial charge on any atom is -0.338 e. The highest BCUT2D eigenvalue weighted by Crippen LogP contribution is 2.26. The number of hydrogen-bond donors (Lipinski definition) is 1. The molecule has 5 heteroatoms. The maximum Gasteiger partial charge on any atom is 0.255 e. The van der Waals surface area contributed by atoms with Gasteiger partial charge < -0.3 is 10.6 Å². The molecule has 1 aromatic carbocycles. The second-order valence-corrected chi connectivity index (χ2v) is 6.77. The number of halogens is 2. The zero-order chi connectivity index (χ0) is 14.0. The van der Waals surface area contributed by atoms with E-state index in [0.717, 1.165) is 34.9 Å². The molecule has 3 nitrogen and oxygen atoms in total. The van der Waals surface area contributed by atoms with Gasteiger partial charge in [0.2, 0.25) is 0 Å². The maximum atomic E-state index is 12.6. The van der Waals surface area contributed by atoms with Gasteiger partial charge in [0.25, 0.3) is 5.91 Å². The predicted octanol–water partition coefficient (Wildman–Crippen LogP) is 3.41. The van der Waals surface area contributed by atoms with Crippen molar-refractivity contribution in [3.8, 4) is 0 Å². The first-order valence-electron chi connectivity index (χ1n) is 6.52. The van der Waals surface area contributed by atoms with Crippen LogP contribution in [0.3, 0.4) is 0 Å². The van der Waals surface area contributed by atoms with Crippen molar-refractivity contribution in [1.82, 2.24) is 4.90 Å². The van der Waals surface area contributed by atoms with Crippen LogP contribution in [0, 0.1) is 5.92 Å². The van der Waals surface area contributed by atoms with Gasteiger partial charge in [-0.1, -0.05) is 29.3 Å². The summed E-state index contributed by atoms with van der Waals surface area (Å²) in [7, 11) is 0. The number of likely N-dealkylation sites (tertiary alicyclic amines) is 1. The molecule has 0 saturated carbocycles. The summed E-state index contributed by atoms with van der Waals surface area (Å²) in [6.07, 6.45) is 1.90. The Morgan fingerprint density at radius 1 is 1.47 bits per heavy atom. The summed E-state index contributed by atoms with van der Waals surface area (Å²) in [4.78, 5) is 14.5. The molecule has 2 unspecified atom stereocenters. The first-order chi connectivity index (χ1) is 9.02. The largest absolute Gasteiger partial charge is 0.338 e. The Morgan fingerprint density at radius 2 is 2.21 bits per heavy atom. The van der Waals surface area contributed by atoms with Gasteiger partial charge in [-0.25, -0.2) is 0 Å². The van der Waals surface area contributed by atoms with Crippen LogP contribution in [0.4, 0.5) is 0 Å². The molecule has 19 heavy (non-hydrogen) atoms. The van der Waals surface area contributed by atoms with E-state index in [-0.39, 0.29) is 11.9 Å². The molecule has 0 aliphatic carbocycles. The van der Waals surface area contributed by atoms with Gasteiger partial charge in [0.15, 0.2) is 0 Å². The third kappa shape index (κ3) is 3.38. The van der Waals surface area contributed by atoms with Crippen molar-refractivity contribution in [1.29, 1.82) is 0 Å². The van der Waals surface area contributed by atoms with E-state index in [1.165, 1.54) is 0 Å². The quantitative estimate of drug-likeness (QED) is 0.842. The van der Waals surface area contributed by atoms with E-state index in [9.17, 15) is 4.79 Å². The molecule has 1 aromatic rings. The Balaban J connectivity index is 2.18. The number of piperidine rings is 1. The molecule has 2 N–H and O–H groups in total. The Morgan fingerprint density at radius 3 is 2.89 bits per heavy atom. The lowest BCUT2D eigenvalue weighted by Crippen LogP contribution is -2.49. The Labute approximate surface area is 130 Å². The van der Waals surface area contributed by atoms with Crippen LogP contribution in [0.15, 0.2) is 27.1 Å². The van der Waals surface area contributed by atoms with Crippen LogP contribution in [0.5, 0.6) is 0 Å². The SMILES string of the molecule is CCC1CN(C(=O)c2cc(Br)ccc2Br)CCC1N. The standard InChI is InChI=1S/C14H18Br2N2O/c1-2-9-8-18(6-5-13(9)17)14(19)11-7-10(15)3-4-12(11)16/h3-4,7,9,13H,2,5-6,8,17H2,1H3. The molecule has 1 fully saturated rings. The molecular weight excluding hydrogens is 372 g/mol. The van der Waals surface area contributed by atoms with Crippen molar-refractivity contribution in [2.45, 2.75) is 25.8 Å². The second-order valence-electron chi connectivity index (χ2n) is 5.00. The molecule has 1 saturated heterocycles. The van der Waals surface area contributed by atoms with Gasteiger partial charge in [-0.05, 0) is 46.5 Å². The fourth-order valence-corrected chi connectivity index (χ4v) is 3.28. The Bertz CT molecular complexity index is 479. The van der Waals surface area contributed by atoms with Crippen molar-refractivity contribution < 1.29 is 4.79 Å². The normalized spacial score (nSPS) is 23.5. The summed E-state index contributed by atoms with van der Waals surface area (Å²) in [6, 6.07) is 5.90. The number of carbonyl (C=O) groups excluding carboxylic acids is 1. The van der Waals surface area contributed by atoms with Crippen LogP contribution in [0.1, 0.15) is 30.1 Å². The molecule has 1 aliphatic heterocycles. The number of nitrogens with zero attached hydrogens (tertiary/aromatic N) is 1. The van der Waals surface area contributed by atoms with Crippen LogP contribution in [0.2, 0.25) is 0 Å². The van der Waals surface area contributed by atoms with Crippen molar-refractivity contribution in [2.24, 2.45) is 11.7 Å². The van der Waals surface area contributed by atoms with Gasteiger partial charge in [0.05, 0.1) is 5.56 Å². The van der Waals surface area contributed by atoms with Crippen molar-refractivity contribution in [3.63, 3.8) is 0 Å². The molecule has 1 amide bonds. The molecule has 1 heterocycles. The van der Waals surface area contributed by atoms with E-state index in [4.69, 9.17) is 5.73 Å². The van der Waals surface area contributed by atoms with E-state index in [2.05, 4.69) is 38.8 Å². The highest BCUT2D eigenvalue weighted by Gasteiger charge is 2.29. The van der Waals surface area contributed by atoms with E-state index >= 15 is 0 Å². The molecule has 104 valence electrons. The second kappa shape index (κ2) is 6.37. The lowest BCUT2D eigenvalue weighted by atomic mass is 9.90. The van der Waals surface area contributed by atoms with Crippen LogP contribution in [-0.2, 0) is 0 Å². The molecule has 2 rings (SSSR count). The number of amides is 1. The van der Waals surface area contributed by atoms with Crippen LogP contribution in [-0.4, -0.2) is 29.9 Å². The minimum absolute atomic E-state index is 0.0820. The number of carbonyl (C=O) groups is 1. The predicted molar refractivity (Wildman–Crippen MR) is 84.1 cm³/mol.